The van der Waals surface area contributed by atoms with Gasteiger partial charge >= 0.3 is 0 Å². The average Bonchev–Trinajstić information content (AvgIpc) is 3.22. The summed E-state index contributed by atoms with van der Waals surface area (Å²) in [5, 5.41) is 0. The Balaban J connectivity index is 1.56. The SMILES string of the molecule is O=C(C1CCNN1)N1CCCC1c1ccc2c(c1)OCCCO2. The summed E-state index contributed by atoms with van der Waals surface area (Å²) in [5.41, 5.74) is 7.27. The van der Waals surface area contributed by atoms with E-state index in [4.69, 9.17) is 9.47 Å². The van der Waals surface area contributed by atoms with Crippen molar-refractivity contribution >= 4 is 5.91 Å². The Hall–Kier alpha value is -1.79. The molecule has 23 heavy (non-hydrogen) atoms. The van der Waals surface area contributed by atoms with Crippen molar-refractivity contribution in [2.45, 2.75) is 37.8 Å². The molecule has 0 bridgehead atoms. The highest BCUT2D eigenvalue weighted by molar-refractivity contribution is 5.82. The topological polar surface area (TPSA) is 62.8 Å². The van der Waals surface area contributed by atoms with Crippen molar-refractivity contribution in [3.63, 3.8) is 0 Å². The quantitative estimate of drug-likeness (QED) is 0.863. The van der Waals surface area contributed by atoms with Crippen molar-refractivity contribution < 1.29 is 14.3 Å². The van der Waals surface area contributed by atoms with E-state index in [1.807, 2.05) is 11.0 Å². The Bertz CT molecular complexity index is 586. The zero-order valence-corrected chi connectivity index (χ0v) is 13.2. The minimum Gasteiger partial charge on any atom is -0.490 e. The first kappa shape index (κ1) is 14.8. The van der Waals surface area contributed by atoms with Gasteiger partial charge in [-0.1, -0.05) is 6.07 Å². The molecular weight excluding hydrogens is 294 g/mol. The third-order valence-electron chi connectivity index (χ3n) is 4.82. The number of carbonyl (C=O) groups excluding carboxylic acids is 1. The molecule has 2 saturated heterocycles. The molecule has 2 fully saturated rings. The van der Waals surface area contributed by atoms with E-state index < -0.39 is 0 Å². The highest BCUT2D eigenvalue weighted by Gasteiger charge is 2.35. The highest BCUT2D eigenvalue weighted by Crippen LogP contribution is 2.38. The summed E-state index contributed by atoms with van der Waals surface area (Å²) in [6, 6.07) is 6.14. The van der Waals surface area contributed by atoms with Crippen LogP contribution in [-0.4, -0.2) is 43.2 Å². The first-order valence-corrected chi connectivity index (χ1v) is 8.51. The summed E-state index contributed by atoms with van der Waals surface area (Å²) in [6.07, 6.45) is 3.80. The minimum absolute atomic E-state index is 0.101. The van der Waals surface area contributed by atoms with Crippen LogP contribution in [0.5, 0.6) is 11.5 Å². The number of hydrogen-bond acceptors (Lipinski definition) is 5. The summed E-state index contributed by atoms with van der Waals surface area (Å²) < 4.78 is 11.5. The maximum atomic E-state index is 12.7. The Morgan fingerprint density at radius 2 is 2.00 bits per heavy atom. The van der Waals surface area contributed by atoms with Crippen LogP contribution in [-0.2, 0) is 4.79 Å². The zero-order valence-electron chi connectivity index (χ0n) is 13.2. The fraction of sp³-hybridized carbons (Fsp3) is 0.588. The first-order valence-electron chi connectivity index (χ1n) is 8.51. The fourth-order valence-corrected chi connectivity index (χ4v) is 3.63. The van der Waals surface area contributed by atoms with Crippen molar-refractivity contribution in [1.29, 1.82) is 0 Å². The van der Waals surface area contributed by atoms with Gasteiger partial charge in [-0.3, -0.25) is 10.2 Å². The molecule has 3 aliphatic heterocycles. The minimum atomic E-state index is -0.101. The van der Waals surface area contributed by atoms with Crippen LogP contribution >= 0.6 is 0 Å². The lowest BCUT2D eigenvalue weighted by Crippen LogP contribution is -2.45. The number of hydrazine groups is 1. The number of fused-ring (bicyclic) bond motifs is 1. The van der Waals surface area contributed by atoms with E-state index >= 15 is 0 Å². The summed E-state index contributed by atoms with van der Waals surface area (Å²) in [5.74, 6) is 1.81. The van der Waals surface area contributed by atoms with Crippen LogP contribution in [0.25, 0.3) is 0 Å². The number of rotatable bonds is 2. The third kappa shape index (κ3) is 2.88. The van der Waals surface area contributed by atoms with Crippen molar-refractivity contribution in [2.24, 2.45) is 0 Å². The molecule has 0 spiro atoms. The Labute approximate surface area is 136 Å². The van der Waals surface area contributed by atoms with Crippen LogP contribution in [0.2, 0.25) is 0 Å². The second kappa shape index (κ2) is 6.37. The number of likely N-dealkylation sites (tertiary alicyclic amines) is 1. The van der Waals surface area contributed by atoms with Gasteiger partial charge < -0.3 is 14.4 Å². The second-order valence-electron chi connectivity index (χ2n) is 6.36. The molecule has 0 saturated carbocycles. The maximum Gasteiger partial charge on any atom is 0.241 e. The van der Waals surface area contributed by atoms with Gasteiger partial charge in [0, 0.05) is 19.5 Å². The lowest BCUT2D eigenvalue weighted by molar-refractivity contribution is -0.134. The monoisotopic (exact) mass is 317 g/mol. The third-order valence-corrected chi connectivity index (χ3v) is 4.82. The van der Waals surface area contributed by atoms with Crippen LogP contribution in [0.4, 0.5) is 0 Å². The Morgan fingerprint density at radius 1 is 1.13 bits per heavy atom. The van der Waals surface area contributed by atoms with Crippen molar-refractivity contribution in [3.05, 3.63) is 23.8 Å². The molecule has 1 aromatic rings. The molecule has 2 atom stereocenters. The van der Waals surface area contributed by atoms with Gasteiger partial charge in [0.15, 0.2) is 11.5 Å². The van der Waals surface area contributed by atoms with E-state index in [9.17, 15) is 4.79 Å². The van der Waals surface area contributed by atoms with E-state index in [0.717, 1.165) is 55.8 Å². The van der Waals surface area contributed by atoms with E-state index in [-0.39, 0.29) is 18.0 Å². The van der Waals surface area contributed by atoms with Gasteiger partial charge in [-0.15, -0.1) is 0 Å². The molecule has 3 aliphatic rings. The number of ether oxygens (including phenoxy) is 2. The number of hydrogen-bond donors (Lipinski definition) is 2. The van der Waals surface area contributed by atoms with Gasteiger partial charge in [0.25, 0.3) is 0 Å². The van der Waals surface area contributed by atoms with Crippen LogP contribution in [0.1, 0.15) is 37.3 Å². The second-order valence-corrected chi connectivity index (χ2v) is 6.36. The van der Waals surface area contributed by atoms with E-state index in [1.165, 1.54) is 0 Å². The van der Waals surface area contributed by atoms with Crippen molar-refractivity contribution in [3.8, 4) is 11.5 Å². The van der Waals surface area contributed by atoms with Crippen molar-refractivity contribution in [2.75, 3.05) is 26.3 Å². The van der Waals surface area contributed by atoms with Gasteiger partial charge in [-0.2, -0.15) is 0 Å². The molecule has 3 heterocycles. The fourth-order valence-electron chi connectivity index (χ4n) is 3.63. The summed E-state index contributed by atoms with van der Waals surface area (Å²) >= 11 is 0. The van der Waals surface area contributed by atoms with E-state index in [0.29, 0.717) is 13.2 Å². The predicted octanol–water partition coefficient (Wildman–Crippen LogP) is 1.38. The smallest absolute Gasteiger partial charge is 0.241 e. The van der Waals surface area contributed by atoms with Gasteiger partial charge in [0.05, 0.1) is 19.3 Å². The molecule has 0 aliphatic carbocycles. The molecule has 2 unspecified atom stereocenters. The summed E-state index contributed by atoms with van der Waals surface area (Å²) in [7, 11) is 0. The summed E-state index contributed by atoms with van der Waals surface area (Å²) in [4.78, 5) is 14.8. The van der Waals surface area contributed by atoms with E-state index in [1.54, 1.807) is 0 Å². The predicted molar refractivity (Wildman–Crippen MR) is 85.3 cm³/mol. The molecule has 6 heteroatoms. The van der Waals surface area contributed by atoms with Gasteiger partial charge in [-0.25, -0.2) is 5.43 Å². The average molecular weight is 317 g/mol. The number of nitrogens with zero attached hydrogens (tertiary/aromatic N) is 1. The van der Waals surface area contributed by atoms with Gasteiger partial charge in [0.1, 0.15) is 6.04 Å². The van der Waals surface area contributed by atoms with Crippen LogP contribution in [0.15, 0.2) is 18.2 Å². The molecule has 4 rings (SSSR count). The molecule has 1 amide bonds. The molecule has 124 valence electrons. The van der Waals surface area contributed by atoms with Crippen LogP contribution in [0.3, 0.4) is 0 Å². The molecule has 0 radical (unpaired) electrons. The molecule has 0 aromatic heterocycles. The molecule has 2 N–H and O–H groups in total. The van der Waals surface area contributed by atoms with Gasteiger partial charge in [-0.05, 0) is 37.0 Å². The first-order chi connectivity index (χ1) is 11.3. The number of benzene rings is 1. The molecule has 1 aromatic carbocycles. The highest BCUT2D eigenvalue weighted by atomic mass is 16.5. The molecular formula is C17H23N3O3. The lowest BCUT2D eigenvalue weighted by atomic mass is 10.0. The maximum absolute atomic E-state index is 12.7. The van der Waals surface area contributed by atoms with Crippen LogP contribution in [0, 0.1) is 0 Å². The summed E-state index contributed by atoms with van der Waals surface area (Å²) in [6.45, 7) is 3.05. The standard InChI is InChI=1S/C17H23N3O3/c21-17(13-6-7-18-19-13)20-8-1-3-14(20)12-4-5-15-16(11-12)23-10-2-9-22-15/h4-5,11,13-14,18-19H,1-3,6-10H2. The lowest BCUT2D eigenvalue weighted by Gasteiger charge is -2.28. The van der Waals surface area contributed by atoms with E-state index in [2.05, 4.69) is 23.0 Å². The number of nitrogens with one attached hydrogen (secondary N) is 2. The Morgan fingerprint density at radius 3 is 2.83 bits per heavy atom. The van der Waals surface area contributed by atoms with Crippen LogP contribution < -0.4 is 20.3 Å². The number of carbonyl (C=O) groups is 1. The Kier molecular flexibility index (Phi) is 4.10. The van der Waals surface area contributed by atoms with Gasteiger partial charge in [0.2, 0.25) is 5.91 Å². The normalized spacial score (nSPS) is 27.0. The number of amides is 1. The van der Waals surface area contributed by atoms with Crippen molar-refractivity contribution in [1.82, 2.24) is 15.8 Å². The molecule has 6 nitrogen and oxygen atoms in total. The zero-order chi connectivity index (χ0) is 15.6. The largest absolute Gasteiger partial charge is 0.490 e.